The van der Waals surface area contributed by atoms with Gasteiger partial charge >= 0.3 is 0 Å². The predicted molar refractivity (Wildman–Crippen MR) is 151 cm³/mol. The summed E-state index contributed by atoms with van der Waals surface area (Å²) in [5, 5.41) is 21.8. The van der Waals surface area contributed by atoms with Gasteiger partial charge in [0, 0.05) is 42.4 Å². The number of nitriles is 1. The van der Waals surface area contributed by atoms with Gasteiger partial charge in [-0.25, -0.2) is 18.2 Å². The maximum Gasteiger partial charge on any atom is 0.234 e. The van der Waals surface area contributed by atoms with Gasteiger partial charge in [-0.1, -0.05) is 18.2 Å². The lowest BCUT2D eigenvalue weighted by Crippen LogP contribution is -2.43. The zero-order valence-corrected chi connectivity index (χ0v) is 22.5. The van der Waals surface area contributed by atoms with Gasteiger partial charge < -0.3 is 14.7 Å². The van der Waals surface area contributed by atoms with Crippen molar-refractivity contribution in [2.24, 2.45) is 0 Å². The van der Waals surface area contributed by atoms with Crippen molar-refractivity contribution in [1.82, 2.24) is 9.88 Å². The largest absolute Gasteiger partial charge is 0.508 e. The van der Waals surface area contributed by atoms with Crippen LogP contribution >= 0.6 is 0 Å². The van der Waals surface area contributed by atoms with Crippen molar-refractivity contribution in [3.8, 4) is 28.8 Å². The van der Waals surface area contributed by atoms with E-state index in [0.717, 1.165) is 32.2 Å². The van der Waals surface area contributed by atoms with Crippen molar-refractivity contribution in [3.63, 3.8) is 0 Å². The van der Waals surface area contributed by atoms with Crippen LogP contribution in [0.1, 0.15) is 37.7 Å². The first-order valence-electron chi connectivity index (χ1n) is 14.1. The van der Waals surface area contributed by atoms with Gasteiger partial charge in [-0.15, -0.1) is 0 Å². The van der Waals surface area contributed by atoms with Crippen molar-refractivity contribution in [1.29, 1.82) is 5.26 Å². The zero-order chi connectivity index (χ0) is 28.3. The smallest absolute Gasteiger partial charge is 0.234 e. The van der Waals surface area contributed by atoms with E-state index in [0.29, 0.717) is 42.5 Å². The first-order chi connectivity index (χ1) is 19.9. The molecule has 0 radical (unpaired) electrons. The van der Waals surface area contributed by atoms with Gasteiger partial charge in [-0.3, -0.25) is 4.90 Å². The number of phenols is 1. The average molecular weight is 559 g/mol. The lowest BCUT2D eigenvalue weighted by Gasteiger charge is -2.31. The minimum absolute atomic E-state index is 0.00167. The second-order valence-electron chi connectivity index (χ2n) is 11.5. The monoisotopic (exact) mass is 558 g/mol. The molecule has 1 N–H and O–H groups in total. The molecule has 3 saturated heterocycles. The van der Waals surface area contributed by atoms with Crippen LogP contribution in [0, 0.1) is 23.0 Å². The van der Waals surface area contributed by atoms with E-state index in [1.807, 2.05) is 0 Å². The molecular weight excluding hydrogens is 529 g/mol. The fourth-order valence-electron chi connectivity index (χ4n) is 7.17. The van der Waals surface area contributed by atoms with E-state index < -0.39 is 23.3 Å². The highest BCUT2D eigenvalue weighted by atomic mass is 19.1. The number of aromatic hydroxyl groups is 1. The van der Waals surface area contributed by atoms with E-state index >= 15 is 8.78 Å². The lowest BCUT2D eigenvalue weighted by atomic mass is 9.94. The van der Waals surface area contributed by atoms with Crippen LogP contribution in [-0.2, 0) is 0 Å². The van der Waals surface area contributed by atoms with E-state index in [1.165, 1.54) is 24.3 Å². The van der Waals surface area contributed by atoms with Crippen LogP contribution in [0.5, 0.6) is 11.6 Å². The molecule has 0 amide bonds. The van der Waals surface area contributed by atoms with Gasteiger partial charge in [0.05, 0.1) is 11.2 Å². The molecule has 3 aliphatic rings. The Bertz CT molecular complexity index is 1730. The van der Waals surface area contributed by atoms with Crippen LogP contribution in [0.3, 0.4) is 0 Å². The molecular formula is C32H29F3N4O2. The Labute approximate surface area is 235 Å². The lowest BCUT2D eigenvalue weighted by molar-refractivity contribution is 0.110. The summed E-state index contributed by atoms with van der Waals surface area (Å²) in [4.78, 5) is 8.74. The first kappa shape index (κ1) is 25.9. The molecule has 0 saturated carbocycles. The molecule has 3 aliphatic heterocycles. The number of benzene rings is 3. The van der Waals surface area contributed by atoms with Crippen molar-refractivity contribution in [2.45, 2.75) is 43.8 Å². The normalized spacial score (nSPS) is 22.5. The third-order valence-corrected chi connectivity index (χ3v) is 9.01. The number of phenolic OH excluding ortho intramolecular Hbond substituents is 1. The van der Waals surface area contributed by atoms with Crippen LogP contribution in [0.4, 0.5) is 18.9 Å². The molecule has 3 fully saturated rings. The van der Waals surface area contributed by atoms with Gasteiger partial charge in [0.15, 0.2) is 5.82 Å². The summed E-state index contributed by atoms with van der Waals surface area (Å²) in [6.07, 6.45) is 3.03. The number of ether oxygens (including phenoxy) is 1. The average Bonchev–Trinajstić information content (AvgIpc) is 3.68. The molecule has 9 heteroatoms. The number of fused-ring (bicyclic) bond motifs is 3. The quantitative estimate of drug-likeness (QED) is 0.303. The maximum atomic E-state index is 16.6. The topological polar surface area (TPSA) is 72.6 Å². The maximum absolute atomic E-state index is 16.6. The fraction of sp³-hybridized carbons (Fsp3) is 0.375. The molecule has 1 aromatic heterocycles. The molecule has 4 heterocycles. The second kappa shape index (κ2) is 9.81. The molecule has 2 atom stereocenters. The standard InChI is InChI=1S/C32H29F3N4O2/c33-20-15-32(9-4-12-39(32)17-20)18-41-31-25(16-36)30(38-10-1-2-11-38)23-8-7-22(28(35)29(23)37-31)24-14-21(40)13-19-5-3-6-26(34)27(19)24/h3,5-8,13-14,20,40H,1-2,4,9-12,15,17-18H2/t20-,32+/m1/s1. The number of hydrogen-bond acceptors (Lipinski definition) is 6. The Morgan fingerprint density at radius 2 is 1.90 bits per heavy atom. The molecule has 0 aliphatic carbocycles. The minimum atomic E-state index is -0.934. The molecule has 210 valence electrons. The summed E-state index contributed by atoms with van der Waals surface area (Å²) in [6, 6.07) is 12.8. The summed E-state index contributed by atoms with van der Waals surface area (Å²) < 4.78 is 52.2. The third kappa shape index (κ3) is 4.15. The number of halogens is 3. The number of pyridine rings is 1. The summed E-state index contributed by atoms with van der Waals surface area (Å²) in [5.41, 5.74) is 0.621. The Balaban J connectivity index is 1.41. The molecule has 0 unspecified atom stereocenters. The number of anilines is 1. The Hall–Kier alpha value is -4.03. The molecule has 6 nitrogen and oxygen atoms in total. The summed E-state index contributed by atoms with van der Waals surface area (Å²) >= 11 is 0. The van der Waals surface area contributed by atoms with Gasteiger partial charge in [0.1, 0.15) is 41.5 Å². The van der Waals surface area contributed by atoms with Crippen LogP contribution in [0.25, 0.3) is 32.8 Å². The van der Waals surface area contributed by atoms with Crippen molar-refractivity contribution in [2.75, 3.05) is 37.7 Å². The van der Waals surface area contributed by atoms with Gasteiger partial charge in [-0.05, 0) is 67.4 Å². The van der Waals surface area contributed by atoms with Crippen molar-refractivity contribution < 1.29 is 23.0 Å². The Morgan fingerprint density at radius 1 is 1.07 bits per heavy atom. The van der Waals surface area contributed by atoms with Gasteiger partial charge in [-0.2, -0.15) is 5.26 Å². The van der Waals surface area contributed by atoms with Gasteiger partial charge in [0.25, 0.3) is 0 Å². The molecule has 0 spiro atoms. The van der Waals surface area contributed by atoms with E-state index in [9.17, 15) is 14.8 Å². The molecule has 41 heavy (non-hydrogen) atoms. The highest BCUT2D eigenvalue weighted by Gasteiger charge is 2.49. The number of rotatable bonds is 5. The molecule has 7 rings (SSSR count). The van der Waals surface area contributed by atoms with E-state index in [4.69, 9.17) is 4.74 Å². The van der Waals surface area contributed by atoms with Crippen LogP contribution < -0.4 is 9.64 Å². The van der Waals surface area contributed by atoms with Crippen molar-refractivity contribution >= 4 is 27.4 Å². The number of alkyl halides is 1. The summed E-state index contributed by atoms with van der Waals surface area (Å²) in [6.45, 7) is 2.74. The van der Waals surface area contributed by atoms with E-state index in [1.54, 1.807) is 18.2 Å². The van der Waals surface area contributed by atoms with Gasteiger partial charge in [0.2, 0.25) is 5.88 Å². The molecule has 0 bridgehead atoms. The fourth-order valence-corrected chi connectivity index (χ4v) is 7.17. The zero-order valence-electron chi connectivity index (χ0n) is 22.5. The predicted octanol–water partition coefficient (Wildman–Crippen LogP) is 6.47. The number of nitrogens with zero attached hydrogens (tertiary/aromatic N) is 4. The van der Waals surface area contributed by atoms with Crippen molar-refractivity contribution in [3.05, 3.63) is 59.7 Å². The Kier molecular flexibility index (Phi) is 6.20. The highest BCUT2D eigenvalue weighted by molar-refractivity contribution is 6.03. The van der Waals surface area contributed by atoms with Crippen LogP contribution in [-0.4, -0.2) is 59.5 Å². The molecule has 4 aromatic rings. The minimum Gasteiger partial charge on any atom is -0.508 e. The summed E-state index contributed by atoms with van der Waals surface area (Å²) in [5.74, 6) is -1.32. The SMILES string of the molecule is N#Cc1c(OC[C@@]23CCCN2C[C@H](F)C3)nc2c(F)c(-c3cc(O)cc4cccc(F)c34)ccc2c1N1CCCC1. The third-order valence-electron chi connectivity index (χ3n) is 9.01. The number of hydrogen-bond donors (Lipinski definition) is 1. The van der Waals surface area contributed by atoms with Crippen LogP contribution in [0.15, 0.2) is 42.5 Å². The van der Waals surface area contributed by atoms with E-state index in [2.05, 4.69) is 20.9 Å². The highest BCUT2D eigenvalue weighted by Crippen LogP contribution is 2.44. The Morgan fingerprint density at radius 3 is 2.71 bits per heavy atom. The first-order valence-corrected chi connectivity index (χ1v) is 14.1. The van der Waals surface area contributed by atoms with E-state index in [-0.39, 0.29) is 45.8 Å². The molecule has 3 aromatic carbocycles. The number of aromatic nitrogens is 1. The second-order valence-corrected chi connectivity index (χ2v) is 11.5. The summed E-state index contributed by atoms with van der Waals surface area (Å²) in [7, 11) is 0. The van der Waals surface area contributed by atoms with Crippen LogP contribution in [0.2, 0.25) is 0 Å².